The van der Waals surface area contributed by atoms with Crippen LogP contribution in [-0.4, -0.2) is 36.0 Å². The Kier molecular flexibility index (Phi) is 6.56. The molecule has 0 aromatic carbocycles. The van der Waals surface area contributed by atoms with Crippen LogP contribution in [-0.2, 0) is 4.79 Å². The molecule has 0 spiro atoms. The van der Waals surface area contributed by atoms with Crippen LogP contribution >= 0.6 is 0 Å². The molecule has 3 heteroatoms. The topological polar surface area (TPSA) is 32.3 Å². The third kappa shape index (κ3) is 4.30. The van der Waals surface area contributed by atoms with E-state index in [4.69, 9.17) is 0 Å². The smallest absolute Gasteiger partial charge is 0.222 e. The van der Waals surface area contributed by atoms with Crippen LogP contribution in [0.15, 0.2) is 0 Å². The highest BCUT2D eigenvalue weighted by molar-refractivity contribution is 5.76. The van der Waals surface area contributed by atoms with E-state index in [0.29, 0.717) is 18.0 Å². The fourth-order valence-corrected chi connectivity index (χ4v) is 2.48. The number of hydrogen-bond acceptors (Lipinski definition) is 2. The predicted octanol–water partition coefficient (Wildman–Crippen LogP) is 2.56. The van der Waals surface area contributed by atoms with E-state index in [0.717, 1.165) is 38.8 Å². The van der Waals surface area contributed by atoms with E-state index >= 15 is 0 Å². The maximum Gasteiger partial charge on any atom is 0.222 e. The SMILES string of the molecule is CCCCCC(=O)N1CC(CC)NCC1CC. The van der Waals surface area contributed by atoms with Gasteiger partial charge in [-0.1, -0.05) is 33.6 Å². The van der Waals surface area contributed by atoms with Gasteiger partial charge in [0.15, 0.2) is 0 Å². The van der Waals surface area contributed by atoms with Gasteiger partial charge in [0, 0.05) is 31.6 Å². The number of piperazine rings is 1. The van der Waals surface area contributed by atoms with Gasteiger partial charge in [0.2, 0.25) is 5.91 Å². The molecule has 0 aromatic rings. The minimum atomic E-state index is 0.366. The van der Waals surface area contributed by atoms with Gasteiger partial charge in [-0.15, -0.1) is 0 Å². The first kappa shape index (κ1) is 14.5. The fourth-order valence-electron chi connectivity index (χ4n) is 2.48. The number of amides is 1. The standard InChI is InChI=1S/C14H28N2O/c1-4-7-8-9-14(17)16-11-12(5-2)15-10-13(16)6-3/h12-13,15H,4-11H2,1-3H3. The molecule has 3 nitrogen and oxygen atoms in total. The summed E-state index contributed by atoms with van der Waals surface area (Å²) >= 11 is 0. The quantitative estimate of drug-likeness (QED) is 0.724. The van der Waals surface area contributed by atoms with Crippen molar-refractivity contribution in [1.82, 2.24) is 10.2 Å². The number of unbranched alkanes of at least 4 members (excludes halogenated alkanes) is 2. The first-order valence-electron chi connectivity index (χ1n) is 7.25. The van der Waals surface area contributed by atoms with Crippen molar-refractivity contribution in [1.29, 1.82) is 0 Å². The highest BCUT2D eigenvalue weighted by atomic mass is 16.2. The van der Waals surface area contributed by atoms with E-state index in [2.05, 4.69) is 31.0 Å². The highest BCUT2D eigenvalue weighted by Gasteiger charge is 2.28. The Bertz CT molecular complexity index is 230. The molecule has 1 N–H and O–H groups in total. The Morgan fingerprint density at radius 1 is 1.24 bits per heavy atom. The first-order valence-corrected chi connectivity index (χ1v) is 7.25. The van der Waals surface area contributed by atoms with Crippen LogP contribution in [0.5, 0.6) is 0 Å². The Hall–Kier alpha value is -0.570. The van der Waals surface area contributed by atoms with Gasteiger partial charge in [0.25, 0.3) is 0 Å². The normalized spacial score (nSPS) is 25.0. The van der Waals surface area contributed by atoms with Crippen molar-refractivity contribution in [3.05, 3.63) is 0 Å². The average Bonchev–Trinajstić information content (AvgIpc) is 2.38. The van der Waals surface area contributed by atoms with Crippen molar-refractivity contribution in [3.63, 3.8) is 0 Å². The molecule has 1 aliphatic rings. The number of hydrogen-bond donors (Lipinski definition) is 1. The lowest BCUT2D eigenvalue weighted by atomic mass is 10.0. The van der Waals surface area contributed by atoms with Gasteiger partial charge >= 0.3 is 0 Å². The minimum absolute atomic E-state index is 0.366. The zero-order valence-corrected chi connectivity index (χ0v) is 11.7. The molecule has 100 valence electrons. The van der Waals surface area contributed by atoms with Crippen molar-refractivity contribution < 1.29 is 4.79 Å². The van der Waals surface area contributed by atoms with Crippen LogP contribution in [0.2, 0.25) is 0 Å². The molecule has 1 heterocycles. The van der Waals surface area contributed by atoms with E-state index in [1.165, 1.54) is 12.8 Å². The monoisotopic (exact) mass is 240 g/mol. The lowest BCUT2D eigenvalue weighted by Crippen LogP contribution is -2.57. The third-order valence-electron chi connectivity index (χ3n) is 3.78. The zero-order chi connectivity index (χ0) is 12.7. The molecule has 1 fully saturated rings. The number of nitrogens with one attached hydrogen (secondary N) is 1. The summed E-state index contributed by atoms with van der Waals surface area (Å²) in [5.41, 5.74) is 0. The second kappa shape index (κ2) is 7.70. The summed E-state index contributed by atoms with van der Waals surface area (Å²) in [5.74, 6) is 0.366. The molecule has 2 unspecified atom stereocenters. The maximum absolute atomic E-state index is 12.2. The van der Waals surface area contributed by atoms with Gasteiger partial charge < -0.3 is 10.2 Å². The third-order valence-corrected chi connectivity index (χ3v) is 3.78. The van der Waals surface area contributed by atoms with Gasteiger partial charge in [-0.3, -0.25) is 4.79 Å². The summed E-state index contributed by atoms with van der Waals surface area (Å²) in [6, 6.07) is 0.903. The molecule has 0 aliphatic carbocycles. The fraction of sp³-hybridized carbons (Fsp3) is 0.929. The summed E-state index contributed by atoms with van der Waals surface area (Å²) in [6.45, 7) is 8.40. The zero-order valence-electron chi connectivity index (χ0n) is 11.7. The Labute approximate surface area is 106 Å². The van der Waals surface area contributed by atoms with Crippen molar-refractivity contribution >= 4 is 5.91 Å². The molecule has 0 radical (unpaired) electrons. The molecule has 1 amide bonds. The van der Waals surface area contributed by atoms with Gasteiger partial charge in [0.05, 0.1) is 0 Å². The average molecular weight is 240 g/mol. The number of rotatable bonds is 6. The van der Waals surface area contributed by atoms with Crippen LogP contribution in [0.4, 0.5) is 0 Å². The summed E-state index contributed by atoms with van der Waals surface area (Å²) < 4.78 is 0. The second-order valence-corrected chi connectivity index (χ2v) is 5.08. The number of nitrogens with zero attached hydrogens (tertiary/aromatic N) is 1. The molecule has 0 saturated carbocycles. The van der Waals surface area contributed by atoms with E-state index in [9.17, 15) is 4.79 Å². The second-order valence-electron chi connectivity index (χ2n) is 5.08. The summed E-state index contributed by atoms with van der Waals surface area (Å²) in [6.07, 6.45) is 6.31. The molecule has 0 aromatic heterocycles. The van der Waals surface area contributed by atoms with E-state index < -0.39 is 0 Å². The first-order chi connectivity index (χ1) is 8.22. The lowest BCUT2D eigenvalue weighted by Gasteiger charge is -2.40. The molecule has 0 bridgehead atoms. The van der Waals surface area contributed by atoms with Crippen molar-refractivity contribution in [2.24, 2.45) is 0 Å². The molecule has 2 atom stereocenters. The van der Waals surface area contributed by atoms with Crippen molar-refractivity contribution in [3.8, 4) is 0 Å². The van der Waals surface area contributed by atoms with Crippen LogP contribution in [0.3, 0.4) is 0 Å². The van der Waals surface area contributed by atoms with E-state index in [1.807, 2.05) is 0 Å². The largest absolute Gasteiger partial charge is 0.337 e. The molecular formula is C14H28N2O. The summed E-state index contributed by atoms with van der Waals surface area (Å²) in [5, 5.41) is 3.53. The Morgan fingerprint density at radius 2 is 2.00 bits per heavy atom. The van der Waals surface area contributed by atoms with Crippen LogP contribution in [0.25, 0.3) is 0 Å². The predicted molar refractivity (Wildman–Crippen MR) is 72.0 cm³/mol. The van der Waals surface area contributed by atoms with Crippen molar-refractivity contribution in [2.45, 2.75) is 71.4 Å². The summed E-state index contributed by atoms with van der Waals surface area (Å²) in [7, 11) is 0. The van der Waals surface area contributed by atoms with Gasteiger partial charge in [-0.2, -0.15) is 0 Å². The number of carbonyl (C=O) groups excluding carboxylic acids is 1. The lowest BCUT2D eigenvalue weighted by molar-refractivity contribution is -0.135. The maximum atomic E-state index is 12.2. The Morgan fingerprint density at radius 3 is 2.59 bits per heavy atom. The van der Waals surface area contributed by atoms with Crippen LogP contribution in [0.1, 0.15) is 59.3 Å². The van der Waals surface area contributed by atoms with Gasteiger partial charge in [-0.25, -0.2) is 0 Å². The van der Waals surface area contributed by atoms with Gasteiger partial charge in [-0.05, 0) is 19.3 Å². The summed E-state index contributed by atoms with van der Waals surface area (Å²) in [4.78, 5) is 14.3. The van der Waals surface area contributed by atoms with Gasteiger partial charge in [0.1, 0.15) is 0 Å². The molecular weight excluding hydrogens is 212 g/mol. The highest BCUT2D eigenvalue weighted by Crippen LogP contribution is 2.14. The van der Waals surface area contributed by atoms with E-state index in [1.54, 1.807) is 0 Å². The van der Waals surface area contributed by atoms with Crippen LogP contribution < -0.4 is 5.32 Å². The number of carbonyl (C=O) groups is 1. The van der Waals surface area contributed by atoms with Crippen LogP contribution in [0, 0.1) is 0 Å². The molecule has 17 heavy (non-hydrogen) atoms. The minimum Gasteiger partial charge on any atom is -0.337 e. The Balaban J connectivity index is 2.47. The molecule has 1 aliphatic heterocycles. The molecule has 1 saturated heterocycles. The van der Waals surface area contributed by atoms with E-state index in [-0.39, 0.29) is 0 Å². The molecule has 1 rings (SSSR count). The van der Waals surface area contributed by atoms with Crippen molar-refractivity contribution in [2.75, 3.05) is 13.1 Å².